The minimum atomic E-state index is -1.44. The van der Waals surface area contributed by atoms with E-state index >= 15 is 0 Å². The minimum absolute atomic E-state index is 0.283. The van der Waals surface area contributed by atoms with Crippen LogP contribution in [0, 0.1) is 41.4 Å². The first-order valence-corrected chi connectivity index (χ1v) is 51.9. The number of aromatic carboxylic acids is 5. The number of hydrogen-bond acceptors (Lipinski definition) is 24. The number of aromatic hydroxyl groups is 5. The van der Waals surface area contributed by atoms with E-state index in [9.17, 15) is 93.9 Å². The molecule has 2 saturated carbocycles. The Morgan fingerprint density at radius 3 is 1.01 bits per heavy atom. The summed E-state index contributed by atoms with van der Waals surface area (Å²) in [6, 6.07) is 50.8. The van der Waals surface area contributed by atoms with E-state index in [0.717, 1.165) is 173 Å². The molecule has 19 rings (SSSR count). The van der Waals surface area contributed by atoms with Gasteiger partial charge < -0.3 is 116 Å². The molecule has 11 aromatic rings. The largest absolute Gasteiger partial charge is 0.506 e. The molecular formula is C114H138N14O20. The Bertz CT molecular complexity index is 6920. The fraction of sp³-hybridized carbons (Fsp3) is 0.421. The highest BCUT2D eigenvalue weighted by molar-refractivity contribution is 5.95. The Hall–Kier alpha value is -14.7. The molecular weight excluding hydrogens is 1890 g/mol. The lowest BCUT2D eigenvalue weighted by Gasteiger charge is -2.29. The van der Waals surface area contributed by atoms with Crippen LogP contribution >= 0.6 is 0 Å². The van der Waals surface area contributed by atoms with Gasteiger partial charge in [0.2, 0.25) is 0 Å². The number of pyridine rings is 5. The van der Waals surface area contributed by atoms with Crippen LogP contribution < -0.4 is 63.3 Å². The maximum atomic E-state index is 12.3. The van der Waals surface area contributed by atoms with Crippen LogP contribution in [0.4, 0.5) is 28.4 Å². The van der Waals surface area contributed by atoms with E-state index in [1.54, 1.807) is 0 Å². The molecule has 3 unspecified atom stereocenters. The number of hydrogen-bond donors (Lipinski definition) is 17. The van der Waals surface area contributed by atoms with Crippen molar-refractivity contribution in [1.29, 1.82) is 0 Å². The number of nitrogens with two attached hydrogens (primary N) is 1. The van der Waals surface area contributed by atoms with Crippen molar-refractivity contribution in [3.05, 3.63) is 265 Å². The minimum Gasteiger partial charge on any atom is -0.506 e. The predicted octanol–water partition coefficient (Wildman–Crippen LogP) is 15.2. The lowest BCUT2D eigenvalue weighted by molar-refractivity contribution is 0.0680. The van der Waals surface area contributed by atoms with E-state index in [-0.39, 0.29) is 6.04 Å². The molecule has 0 amide bonds. The second-order valence-electron chi connectivity index (χ2n) is 40.3. The SMILES string of the molecule is CCc1c(-c2ccc(N3CCC(CN(C)Cc4ccccc4)C3)cc2)[nH]c(=O)c(C(=O)O)c1O.CCc1c(-c2ccc(N3CCC(CNC)C3)cc2)[nH]c(=O)c(C(=O)O)c1O.CCc1c(-c2ccc(N3CCC(N4CCCC4)C3)cc2)[nH]c(=O)c(C(=O)O)c1O.CCc1c(-c2ccc(N3C[C@H]4CCC[C@H](N)[C@H]4C3)cc2)[nH]c(=O)c(C(=O)O)c1O.CCc1c(-c2ccc(N3C[C@H]4CC[C@@H](CC)[C@H]4C3)cc2)[nH]c(=O)c(C(=O)O)c1O. The van der Waals surface area contributed by atoms with Gasteiger partial charge in [0.15, 0.2) is 27.8 Å². The number of nitrogens with zero attached hydrogens (tertiary/aromatic N) is 7. The number of rotatable bonds is 28. The topological polar surface area (TPSA) is 513 Å². The maximum absolute atomic E-state index is 12.3. The summed E-state index contributed by atoms with van der Waals surface area (Å²) in [5.41, 5.74) is 14.5. The molecule has 9 atom stereocenters. The van der Waals surface area contributed by atoms with Gasteiger partial charge >= 0.3 is 29.8 Å². The first kappa shape index (κ1) is 107. The molecule has 0 radical (unpaired) electrons. The first-order chi connectivity index (χ1) is 71.2. The van der Waals surface area contributed by atoms with Crippen LogP contribution in [0.25, 0.3) is 56.3 Å². The van der Waals surface area contributed by atoms with Crippen LogP contribution in [0.2, 0.25) is 0 Å². The summed E-state index contributed by atoms with van der Waals surface area (Å²) >= 11 is 0. The molecule has 6 aromatic carbocycles. The Morgan fingerprint density at radius 1 is 0.358 bits per heavy atom. The van der Waals surface area contributed by atoms with Crippen molar-refractivity contribution >= 4 is 58.3 Å². The summed E-state index contributed by atoms with van der Waals surface area (Å²) in [6.45, 7) is 27.0. The maximum Gasteiger partial charge on any atom is 0.345 e. The molecule has 18 N–H and O–H groups in total. The zero-order valence-electron chi connectivity index (χ0n) is 85.3. The standard InChI is InChI=1S/C27H31N3O4.C23H28N2O4.2C22H27N3O4.C20H25N3O4/c1-3-22-24(28-26(32)23(25(22)31)27(33)34)20-9-11-21(12-10-20)30-14-13-19(17-30)16-29(2)15-18-7-5-4-6-8-18;1-3-13-5-6-15-11-25(12-18(13)15)16-9-7-14(8-10-16)20-17(4-2)21(26)19(23(28)29)22(27)24-20;1-2-17-19(23-21(27)18(20(17)26)22(28)29)14-5-7-15(8-6-14)25-12-9-16(13-25)24-10-3-4-11-24;1-2-15-19(24-21(27)18(20(15)26)22(28)29)12-6-8-14(9-7-12)25-10-13-4-3-5-17(23)16(13)11-25;1-3-15-17(22-19(25)16(18(15)24)20(26)27)13-4-6-14(7-5-13)23-9-8-12(11-23)10-21-2/h4-12,19H,3,13-17H2,1-2H3,(H,33,34)(H2,28,31,32);7-10,13,15,18H,3-6,11-12H2,1-2H3,(H,28,29)(H2,24,26,27);5-8,16H,2-4,9-13H2,1H3,(H,28,29)(H2,23,26,27);6-9,13,16-17H,2-5,10-11,23H2,1H3,(H,28,29)(H2,24,26,27);4-7,12,21H,3,8-11H2,1-2H3,(H,26,27)(H2,22,24,25)/t;13-,15-,18-;;13-,16+,17+;/m.1.1./s1. The van der Waals surface area contributed by atoms with Gasteiger partial charge in [-0.15, -0.1) is 0 Å². The number of carboxylic acid groups (broad SMARTS) is 5. The van der Waals surface area contributed by atoms with E-state index in [4.69, 9.17) is 10.8 Å². The number of benzene rings is 6. The summed E-state index contributed by atoms with van der Waals surface area (Å²) in [5.74, 6) is -4.56. The summed E-state index contributed by atoms with van der Waals surface area (Å²) < 4.78 is 0. The van der Waals surface area contributed by atoms with Crippen molar-refractivity contribution in [3.63, 3.8) is 0 Å². The molecule has 2 aliphatic carbocycles. The zero-order valence-corrected chi connectivity index (χ0v) is 85.3. The molecule has 6 aliphatic heterocycles. The molecule has 148 heavy (non-hydrogen) atoms. The highest BCUT2D eigenvalue weighted by Gasteiger charge is 2.43. The number of anilines is 5. The number of carboxylic acids is 5. The molecule has 34 heteroatoms. The molecule has 34 nitrogen and oxygen atoms in total. The normalized spacial score (nSPS) is 19.8. The number of likely N-dealkylation sites (tertiary alicyclic amines) is 1. The molecule has 0 spiro atoms. The second kappa shape index (κ2) is 47.8. The first-order valence-electron chi connectivity index (χ1n) is 51.9. The smallest absolute Gasteiger partial charge is 0.345 e. The Kier molecular flexibility index (Phi) is 34.7. The van der Waals surface area contributed by atoms with Crippen LogP contribution in [-0.4, -0.2) is 233 Å². The third kappa shape index (κ3) is 23.6. The van der Waals surface area contributed by atoms with Crippen LogP contribution in [0.3, 0.4) is 0 Å². The summed E-state index contributed by atoms with van der Waals surface area (Å²) in [4.78, 5) is 147. The number of carbonyl (C=O) groups is 5. The van der Waals surface area contributed by atoms with Gasteiger partial charge in [0.25, 0.3) is 27.8 Å². The highest BCUT2D eigenvalue weighted by atomic mass is 16.4. The van der Waals surface area contributed by atoms with Crippen LogP contribution in [0.1, 0.15) is 197 Å². The number of aromatic nitrogens is 5. The molecule has 8 fully saturated rings. The Labute approximate surface area is 858 Å². The van der Waals surface area contributed by atoms with Gasteiger partial charge in [-0.25, -0.2) is 24.0 Å². The summed E-state index contributed by atoms with van der Waals surface area (Å²) in [6.07, 6.45) is 15.6. The quantitative estimate of drug-likeness (QED) is 0.0216. The second-order valence-corrected chi connectivity index (χ2v) is 40.3. The van der Waals surface area contributed by atoms with Crippen LogP contribution in [-0.2, 0) is 38.6 Å². The zero-order chi connectivity index (χ0) is 106. The van der Waals surface area contributed by atoms with Crippen molar-refractivity contribution < 1.29 is 75.0 Å². The molecule has 11 heterocycles. The van der Waals surface area contributed by atoms with E-state index < -0.39 is 114 Å². The van der Waals surface area contributed by atoms with Crippen molar-refractivity contribution in [2.45, 2.75) is 163 Å². The van der Waals surface area contributed by atoms with E-state index in [2.05, 4.69) is 115 Å². The Balaban J connectivity index is 0.000000139. The average molecular weight is 2020 g/mol. The van der Waals surface area contributed by atoms with Gasteiger partial charge in [0, 0.05) is 147 Å². The van der Waals surface area contributed by atoms with Gasteiger partial charge in [0.05, 0.1) is 28.5 Å². The van der Waals surface area contributed by atoms with E-state index in [1.807, 2.05) is 157 Å². The van der Waals surface area contributed by atoms with E-state index in [0.29, 0.717) is 118 Å². The molecule has 784 valence electrons. The van der Waals surface area contributed by atoms with Crippen LogP contribution in [0.5, 0.6) is 28.7 Å². The lowest BCUT2D eigenvalue weighted by Crippen LogP contribution is -2.38. The monoisotopic (exact) mass is 2020 g/mol. The number of fused-ring (bicyclic) bond motifs is 2. The lowest BCUT2D eigenvalue weighted by atomic mass is 9.78. The van der Waals surface area contributed by atoms with Gasteiger partial charge in [0.1, 0.15) is 28.7 Å². The van der Waals surface area contributed by atoms with Crippen molar-refractivity contribution in [3.8, 4) is 85.0 Å². The highest BCUT2D eigenvalue weighted by Crippen LogP contribution is 2.47. The Morgan fingerprint density at radius 2 is 0.676 bits per heavy atom. The molecule has 5 aromatic heterocycles. The van der Waals surface area contributed by atoms with Crippen molar-refractivity contribution in [1.82, 2.24) is 40.0 Å². The number of aromatic amines is 5. The fourth-order valence-corrected chi connectivity index (χ4v) is 23.6. The predicted molar refractivity (Wildman–Crippen MR) is 574 cm³/mol. The average Bonchev–Trinajstić information content (AvgIpc) is 1.44. The molecule has 6 saturated heterocycles. The fourth-order valence-electron chi connectivity index (χ4n) is 23.6. The third-order valence-electron chi connectivity index (χ3n) is 31.3. The summed E-state index contributed by atoms with van der Waals surface area (Å²) in [5, 5.41) is 101. The molecule has 8 aliphatic rings. The van der Waals surface area contributed by atoms with Crippen LogP contribution in [0.15, 0.2) is 176 Å². The van der Waals surface area contributed by atoms with Gasteiger partial charge in [-0.2, -0.15) is 0 Å². The van der Waals surface area contributed by atoms with Gasteiger partial charge in [-0.1, -0.05) is 145 Å². The number of nitrogens with one attached hydrogen (secondary N) is 6. The van der Waals surface area contributed by atoms with Crippen molar-refractivity contribution in [2.75, 3.05) is 130 Å². The third-order valence-corrected chi connectivity index (χ3v) is 31.3. The van der Waals surface area contributed by atoms with E-state index in [1.165, 1.54) is 75.7 Å². The van der Waals surface area contributed by atoms with Crippen molar-refractivity contribution in [2.24, 2.45) is 47.2 Å². The summed E-state index contributed by atoms with van der Waals surface area (Å²) in [7, 11) is 4.14. The molecule has 0 bridgehead atoms. The van der Waals surface area contributed by atoms with Gasteiger partial charge in [-0.05, 0) is 259 Å². The van der Waals surface area contributed by atoms with Gasteiger partial charge in [-0.3, -0.25) is 28.9 Å². The number of H-pyrrole nitrogens is 5.